The lowest BCUT2D eigenvalue weighted by molar-refractivity contribution is 0.713. The Morgan fingerprint density at radius 3 is 2.50 bits per heavy atom. The summed E-state index contributed by atoms with van der Waals surface area (Å²) in [7, 11) is 0. The number of hydrogen-bond donors (Lipinski definition) is 3. The van der Waals surface area contributed by atoms with Crippen LogP contribution in [0.1, 0.15) is 5.56 Å². The van der Waals surface area contributed by atoms with Crippen LogP contribution in [0, 0.1) is 11.3 Å². The van der Waals surface area contributed by atoms with E-state index < -0.39 is 0 Å². The van der Waals surface area contributed by atoms with Crippen LogP contribution in [-0.2, 0) is 0 Å². The summed E-state index contributed by atoms with van der Waals surface area (Å²) in [6, 6.07) is 9.24. The number of nitrogens with zero attached hydrogens (tertiary/aromatic N) is 1. The van der Waals surface area contributed by atoms with Crippen molar-refractivity contribution >= 4 is 5.69 Å². The monoisotopic (exact) mass is 190 g/mol. The number of nitrogens with one attached hydrogen (secondary N) is 1. The van der Waals surface area contributed by atoms with Crippen molar-refractivity contribution in [2.45, 2.75) is 6.04 Å². The first-order valence-electron chi connectivity index (χ1n) is 4.46. The fourth-order valence-electron chi connectivity index (χ4n) is 0.995. The van der Waals surface area contributed by atoms with Gasteiger partial charge < -0.3 is 16.8 Å². The van der Waals surface area contributed by atoms with Gasteiger partial charge in [-0.1, -0.05) is 0 Å². The van der Waals surface area contributed by atoms with E-state index >= 15 is 0 Å². The van der Waals surface area contributed by atoms with Gasteiger partial charge in [0.1, 0.15) is 0 Å². The zero-order valence-electron chi connectivity index (χ0n) is 7.90. The molecule has 0 saturated carbocycles. The van der Waals surface area contributed by atoms with Crippen LogP contribution >= 0.6 is 0 Å². The maximum atomic E-state index is 8.58. The van der Waals surface area contributed by atoms with Crippen LogP contribution < -0.4 is 16.8 Å². The van der Waals surface area contributed by atoms with E-state index in [0.717, 1.165) is 5.69 Å². The van der Waals surface area contributed by atoms with Gasteiger partial charge in [-0.2, -0.15) is 5.26 Å². The average Bonchev–Trinajstić information content (AvgIpc) is 2.26. The van der Waals surface area contributed by atoms with Gasteiger partial charge in [-0.05, 0) is 24.3 Å². The Kier molecular flexibility index (Phi) is 3.92. The number of nitrogens with two attached hydrogens (primary N) is 2. The fraction of sp³-hybridized carbons (Fsp3) is 0.300. The molecule has 0 aliphatic carbocycles. The molecule has 0 fully saturated rings. The summed E-state index contributed by atoms with van der Waals surface area (Å²) in [6.45, 7) is 1.10. The lowest BCUT2D eigenvalue weighted by atomic mass is 10.2. The molecule has 1 atom stereocenters. The summed E-state index contributed by atoms with van der Waals surface area (Å²) in [6.07, 6.45) is 0. The second kappa shape index (κ2) is 5.22. The zero-order valence-corrected chi connectivity index (χ0v) is 7.90. The van der Waals surface area contributed by atoms with Gasteiger partial charge >= 0.3 is 0 Å². The minimum absolute atomic E-state index is 0.0364. The van der Waals surface area contributed by atoms with Crippen molar-refractivity contribution in [2.75, 3.05) is 18.4 Å². The SMILES string of the molecule is N#Cc1ccc(NCC(N)CN)cc1. The smallest absolute Gasteiger partial charge is 0.0991 e. The molecule has 1 aromatic rings. The molecule has 0 aromatic heterocycles. The molecule has 0 aliphatic heterocycles. The van der Waals surface area contributed by atoms with E-state index in [-0.39, 0.29) is 6.04 Å². The van der Waals surface area contributed by atoms with Crippen LogP contribution in [0.4, 0.5) is 5.69 Å². The fourth-order valence-corrected chi connectivity index (χ4v) is 0.995. The normalized spacial score (nSPS) is 11.8. The van der Waals surface area contributed by atoms with Crippen LogP contribution in [0.15, 0.2) is 24.3 Å². The highest BCUT2D eigenvalue weighted by atomic mass is 14.9. The summed E-state index contributed by atoms with van der Waals surface area (Å²) >= 11 is 0. The molecule has 0 heterocycles. The molecule has 4 nitrogen and oxygen atoms in total. The standard InChI is InChI=1S/C10H14N4/c11-5-8-1-3-10(4-2-8)14-7-9(13)6-12/h1-4,9,14H,6-7,12-13H2. The summed E-state index contributed by atoms with van der Waals surface area (Å²) < 4.78 is 0. The minimum atomic E-state index is -0.0364. The van der Waals surface area contributed by atoms with Gasteiger partial charge in [0.15, 0.2) is 0 Å². The molecule has 4 heteroatoms. The third-order valence-corrected chi connectivity index (χ3v) is 1.89. The van der Waals surface area contributed by atoms with Gasteiger partial charge in [-0.15, -0.1) is 0 Å². The quantitative estimate of drug-likeness (QED) is 0.635. The van der Waals surface area contributed by atoms with Crippen molar-refractivity contribution in [3.05, 3.63) is 29.8 Å². The van der Waals surface area contributed by atoms with Crippen molar-refractivity contribution in [1.82, 2.24) is 0 Å². The van der Waals surface area contributed by atoms with Gasteiger partial charge in [0.2, 0.25) is 0 Å². The van der Waals surface area contributed by atoms with Gasteiger partial charge in [0, 0.05) is 24.8 Å². The Hall–Kier alpha value is -1.57. The first-order chi connectivity index (χ1) is 6.76. The number of hydrogen-bond acceptors (Lipinski definition) is 4. The summed E-state index contributed by atoms with van der Waals surface area (Å²) in [5.41, 5.74) is 12.6. The van der Waals surface area contributed by atoms with Crippen LogP contribution in [0.3, 0.4) is 0 Å². The Morgan fingerprint density at radius 1 is 1.36 bits per heavy atom. The largest absolute Gasteiger partial charge is 0.383 e. The highest BCUT2D eigenvalue weighted by molar-refractivity contribution is 5.47. The predicted octanol–water partition coefficient (Wildman–Crippen LogP) is 0.256. The van der Waals surface area contributed by atoms with E-state index in [1.54, 1.807) is 12.1 Å². The highest BCUT2D eigenvalue weighted by Crippen LogP contribution is 2.08. The highest BCUT2D eigenvalue weighted by Gasteiger charge is 1.98. The third-order valence-electron chi connectivity index (χ3n) is 1.89. The summed E-state index contributed by atoms with van der Waals surface area (Å²) in [5, 5.41) is 11.7. The maximum Gasteiger partial charge on any atom is 0.0991 e. The molecular weight excluding hydrogens is 176 g/mol. The van der Waals surface area contributed by atoms with Crippen LogP contribution in [0.5, 0.6) is 0 Å². The van der Waals surface area contributed by atoms with Crippen LogP contribution in [0.2, 0.25) is 0 Å². The average molecular weight is 190 g/mol. The molecular formula is C10H14N4. The van der Waals surface area contributed by atoms with E-state index in [9.17, 15) is 0 Å². The molecule has 0 bridgehead atoms. The first-order valence-corrected chi connectivity index (χ1v) is 4.46. The molecule has 1 aromatic carbocycles. The predicted molar refractivity (Wildman–Crippen MR) is 56.7 cm³/mol. The van der Waals surface area contributed by atoms with Crippen molar-refractivity contribution in [3.8, 4) is 6.07 Å². The Balaban J connectivity index is 2.49. The maximum absolute atomic E-state index is 8.58. The number of rotatable bonds is 4. The number of nitriles is 1. The van der Waals surface area contributed by atoms with E-state index in [0.29, 0.717) is 18.7 Å². The van der Waals surface area contributed by atoms with Gasteiger partial charge in [0.05, 0.1) is 11.6 Å². The summed E-state index contributed by atoms with van der Waals surface area (Å²) in [4.78, 5) is 0. The number of anilines is 1. The zero-order chi connectivity index (χ0) is 10.4. The molecule has 1 unspecified atom stereocenters. The Bertz CT molecular complexity index is 312. The van der Waals surface area contributed by atoms with E-state index in [2.05, 4.69) is 11.4 Å². The first kappa shape index (κ1) is 10.5. The van der Waals surface area contributed by atoms with Crippen molar-refractivity contribution in [2.24, 2.45) is 11.5 Å². The van der Waals surface area contributed by atoms with Crippen molar-refractivity contribution in [3.63, 3.8) is 0 Å². The van der Waals surface area contributed by atoms with E-state index in [4.69, 9.17) is 16.7 Å². The molecule has 1 rings (SSSR count). The second-order valence-electron chi connectivity index (χ2n) is 3.07. The van der Waals surface area contributed by atoms with Gasteiger partial charge in [-0.3, -0.25) is 0 Å². The van der Waals surface area contributed by atoms with Crippen LogP contribution in [-0.4, -0.2) is 19.1 Å². The van der Waals surface area contributed by atoms with Crippen molar-refractivity contribution < 1.29 is 0 Å². The molecule has 0 amide bonds. The van der Waals surface area contributed by atoms with Gasteiger partial charge in [0.25, 0.3) is 0 Å². The topological polar surface area (TPSA) is 87.9 Å². The Morgan fingerprint density at radius 2 is 2.00 bits per heavy atom. The molecule has 14 heavy (non-hydrogen) atoms. The third kappa shape index (κ3) is 3.05. The number of benzene rings is 1. The lowest BCUT2D eigenvalue weighted by Crippen LogP contribution is -2.36. The lowest BCUT2D eigenvalue weighted by Gasteiger charge is -2.10. The second-order valence-corrected chi connectivity index (χ2v) is 3.07. The molecule has 0 saturated heterocycles. The summed E-state index contributed by atoms with van der Waals surface area (Å²) in [5.74, 6) is 0. The molecule has 74 valence electrons. The van der Waals surface area contributed by atoms with Crippen molar-refractivity contribution in [1.29, 1.82) is 5.26 Å². The van der Waals surface area contributed by atoms with E-state index in [1.165, 1.54) is 0 Å². The van der Waals surface area contributed by atoms with Gasteiger partial charge in [-0.25, -0.2) is 0 Å². The molecule has 0 aliphatic rings. The molecule has 0 radical (unpaired) electrons. The Labute approximate surface area is 83.5 Å². The van der Waals surface area contributed by atoms with E-state index in [1.807, 2.05) is 12.1 Å². The minimum Gasteiger partial charge on any atom is -0.383 e. The molecule has 0 spiro atoms. The van der Waals surface area contributed by atoms with Crippen LogP contribution in [0.25, 0.3) is 0 Å². The molecule has 5 N–H and O–H groups in total.